The van der Waals surface area contributed by atoms with E-state index < -0.39 is 5.60 Å². The maximum absolute atomic E-state index is 12.0. The van der Waals surface area contributed by atoms with E-state index in [0.717, 1.165) is 25.7 Å². The second-order valence-corrected chi connectivity index (χ2v) is 4.13. The smallest absolute Gasteiger partial charge is 0.849 e. The number of hydrogen-bond donors (Lipinski definition) is 0. The van der Waals surface area contributed by atoms with Crippen LogP contribution in [0.15, 0.2) is 0 Å². The normalized spacial score (nSPS) is 23.0. The van der Waals surface area contributed by atoms with Crippen molar-refractivity contribution in [3.05, 3.63) is 0 Å². The average molecular weight is 162 g/mol. The van der Waals surface area contributed by atoms with Crippen LogP contribution in [-0.4, -0.2) is 5.60 Å². The molecule has 12 heavy (non-hydrogen) atoms. The second kappa shape index (κ2) is 5.32. The summed E-state index contributed by atoms with van der Waals surface area (Å²) in [6.07, 6.45) is 6.67. The van der Waals surface area contributed by atoms with Crippen LogP contribution in [0.4, 0.5) is 0 Å². The molecule has 1 fully saturated rings. The summed E-state index contributed by atoms with van der Waals surface area (Å²) in [6, 6.07) is 0. The molecule has 0 bridgehead atoms. The molecule has 2 heteroatoms. The maximum Gasteiger partial charge on any atom is 1.00 e. The minimum Gasteiger partial charge on any atom is -0.849 e. The summed E-state index contributed by atoms with van der Waals surface area (Å²) >= 11 is 0. The van der Waals surface area contributed by atoms with E-state index in [0.29, 0.717) is 5.92 Å². The predicted molar refractivity (Wildman–Crippen MR) is 45.3 cm³/mol. The monoisotopic (exact) mass is 162 g/mol. The van der Waals surface area contributed by atoms with Gasteiger partial charge in [-0.15, -0.1) is 5.60 Å². The standard InChI is InChI=1S/C10H19O.Li/c1-9(2)10(11)7-5-3-4-6-8-10;/h9H,3-8H2,1-2H3;/q-1;+1. The minimum absolute atomic E-state index is 0. The average Bonchev–Trinajstić information content (AvgIpc) is 2.15. The second-order valence-electron chi connectivity index (χ2n) is 4.13. The first-order chi connectivity index (χ1) is 5.15. The summed E-state index contributed by atoms with van der Waals surface area (Å²) in [5, 5.41) is 12.0. The summed E-state index contributed by atoms with van der Waals surface area (Å²) in [5.41, 5.74) is -0.587. The van der Waals surface area contributed by atoms with Crippen LogP contribution in [0.25, 0.3) is 0 Å². The van der Waals surface area contributed by atoms with Crippen LogP contribution in [0.2, 0.25) is 0 Å². The van der Waals surface area contributed by atoms with E-state index in [1.807, 2.05) is 0 Å². The predicted octanol–water partition coefficient (Wildman–Crippen LogP) is -0.900. The molecule has 0 aliphatic heterocycles. The fourth-order valence-corrected chi connectivity index (χ4v) is 1.90. The molecule has 0 saturated heterocycles. The molecule has 1 aliphatic carbocycles. The molecule has 1 aliphatic rings. The van der Waals surface area contributed by atoms with Gasteiger partial charge in [-0.1, -0.05) is 58.3 Å². The molecule has 0 atom stereocenters. The Balaban J connectivity index is 0.00000121. The summed E-state index contributed by atoms with van der Waals surface area (Å²) in [6.45, 7) is 4.14. The van der Waals surface area contributed by atoms with E-state index in [2.05, 4.69) is 13.8 Å². The van der Waals surface area contributed by atoms with Gasteiger partial charge in [0.1, 0.15) is 0 Å². The van der Waals surface area contributed by atoms with Gasteiger partial charge in [0.25, 0.3) is 0 Å². The van der Waals surface area contributed by atoms with Crippen molar-refractivity contribution >= 4 is 0 Å². The zero-order valence-electron chi connectivity index (χ0n) is 8.73. The van der Waals surface area contributed by atoms with Crippen LogP contribution in [0.3, 0.4) is 0 Å². The Hall–Kier alpha value is 0.557. The molecular weight excluding hydrogens is 143 g/mol. The summed E-state index contributed by atoms with van der Waals surface area (Å²) < 4.78 is 0. The van der Waals surface area contributed by atoms with Gasteiger partial charge in [-0.3, -0.25) is 0 Å². The van der Waals surface area contributed by atoms with Crippen molar-refractivity contribution in [2.75, 3.05) is 0 Å². The van der Waals surface area contributed by atoms with Gasteiger partial charge in [0.15, 0.2) is 0 Å². The van der Waals surface area contributed by atoms with Gasteiger partial charge in [-0.05, 0) is 0 Å². The van der Waals surface area contributed by atoms with Crippen LogP contribution >= 0.6 is 0 Å². The molecule has 1 nitrogen and oxygen atoms in total. The number of rotatable bonds is 1. The largest absolute Gasteiger partial charge is 1.00 e. The van der Waals surface area contributed by atoms with E-state index in [9.17, 15) is 5.11 Å². The maximum atomic E-state index is 12.0. The number of hydrogen-bond acceptors (Lipinski definition) is 1. The van der Waals surface area contributed by atoms with Crippen molar-refractivity contribution < 1.29 is 24.0 Å². The SMILES string of the molecule is CC(C)C1([O-])CCCCCC1.[Li+]. The van der Waals surface area contributed by atoms with Crippen LogP contribution in [-0.2, 0) is 0 Å². The van der Waals surface area contributed by atoms with E-state index in [1.165, 1.54) is 12.8 Å². The Labute approximate surface area is 88.1 Å². The van der Waals surface area contributed by atoms with Gasteiger partial charge in [0.05, 0.1) is 0 Å². The summed E-state index contributed by atoms with van der Waals surface area (Å²) in [4.78, 5) is 0. The van der Waals surface area contributed by atoms with Gasteiger partial charge in [0.2, 0.25) is 0 Å². The summed E-state index contributed by atoms with van der Waals surface area (Å²) in [7, 11) is 0. The zero-order chi connectivity index (χ0) is 8.32. The van der Waals surface area contributed by atoms with E-state index in [4.69, 9.17) is 0 Å². The molecule has 0 amide bonds. The van der Waals surface area contributed by atoms with Crippen molar-refractivity contribution in [2.24, 2.45) is 5.92 Å². The van der Waals surface area contributed by atoms with E-state index >= 15 is 0 Å². The van der Waals surface area contributed by atoms with Crippen LogP contribution in [0, 0.1) is 5.92 Å². The zero-order valence-corrected chi connectivity index (χ0v) is 8.73. The fraction of sp³-hybridized carbons (Fsp3) is 1.00. The van der Waals surface area contributed by atoms with Crippen LogP contribution < -0.4 is 24.0 Å². The van der Waals surface area contributed by atoms with Gasteiger partial charge in [-0.2, -0.15) is 0 Å². The first-order valence-corrected chi connectivity index (χ1v) is 4.85. The summed E-state index contributed by atoms with van der Waals surface area (Å²) in [5.74, 6) is 0.320. The van der Waals surface area contributed by atoms with Gasteiger partial charge in [-0.25, -0.2) is 0 Å². The van der Waals surface area contributed by atoms with Gasteiger partial charge >= 0.3 is 18.9 Å². The Morgan fingerprint density at radius 1 is 1.00 bits per heavy atom. The Kier molecular flexibility index (Phi) is 5.57. The molecule has 0 spiro atoms. The molecule has 0 N–H and O–H groups in total. The third-order valence-corrected chi connectivity index (χ3v) is 3.00. The van der Waals surface area contributed by atoms with Crippen LogP contribution in [0.5, 0.6) is 0 Å². The van der Waals surface area contributed by atoms with E-state index in [1.54, 1.807) is 0 Å². The Bertz CT molecular complexity index is 115. The molecular formula is C10H19LiO. The van der Waals surface area contributed by atoms with E-state index in [-0.39, 0.29) is 18.9 Å². The molecule has 0 unspecified atom stereocenters. The molecule has 0 aromatic rings. The third-order valence-electron chi connectivity index (χ3n) is 3.00. The molecule has 1 saturated carbocycles. The van der Waals surface area contributed by atoms with Crippen molar-refractivity contribution in [3.8, 4) is 0 Å². The van der Waals surface area contributed by atoms with Crippen molar-refractivity contribution in [1.82, 2.24) is 0 Å². The van der Waals surface area contributed by atoms with Crippen molar-refractivity contribution in [3.63, 3.8) is 0 Å². The molecule has 66 valence electrons. The molecule has 0 heterocycles. The third kappa shape index (κ3) is 3.13. The van der Waals surface area contributed by atoms with Crippen molar-refractivity contribution in [1.29, 1.82) is 0 Å². The quantitative estimate of drug-likeness (QED) is 0.362. The Morgan fingerprint density at radius 2 is 1.42 bits per heavy atom. The molecule has 0 radical (unpaired) electrons. The van der Waals surface area contributed by atoms with Crippen molar-refractivity contribution in [2.45, 2.75) is 58.0 Å². The Morgan fingerprint density at radius 3 is 1.75 bits per heavy atom. The first-order valence-electron chi connectivity index (χ1n) is 4.85. The van der Waals surface area contributed by atoms with Gasteiger partial charge in [0, 0.05) is 0 Å². The first kappa shape index (κ1) is 12.6. The molecule has 1 rings (SSSR count). The molecule has 0 aromatic carbocycles. The topological polar surface area (TPSA) is 23.1 Å². The molecule has 0 aromatic heterocycles. The van der Waals surface area contributed by atoms with Crippen LogP contribution in [0.1, 0.15) is 52.4 Å². The fourth-order valence-electron chi connectivity index (χ4n) is 1.90. The van der Waals surface area contributed by atoms with Gasteiger partial charge < -0.3 is 5.11 Å². The minimum atomic E-state index is -0.587.